The van der Waals surface area contributed by atoms with E-state index < -0.39 is 18.0 Å². The van der Waals surface area contributed by atoms with Crippen molar-refractivity contribution in [3.63, 3.8) is 0 Å². The first-order valence-electron chi connectivity index (χ1n) is 9.11. The lowest BCUT2D eigenvalue weighted by Crippen LogP contribution is -2.39. The van der Waals surface area contributed by atoms with Crippen molar-refractivity contribution in [2.24, 2.45) is 0 Å². The number of hydrogen-bond acceptors (Lipinski definition) is 7. The number of amides is 1. The van der Waals surface area contributed by atoms with E-state index in [9.17, 15) is 9.18 Å². The fraction of sp³-hybridized carbons (Fsp3) is 0.250. The number of fused-ring (bicyclic) bond motifs is 1. The molecule has 3 aromatic rings. The SMILES string of the molecule is CC.CC1c2ncc(Oc3ncco3)cc2OC(=O)N1Cc1cccc(N)c1F. The minimum absolute atomic E-state index is 0.00651. The molecule has 152 valence electrons. The normalized spacial score (nSPS) is 15.1. The molecular weight excluding hydrogens is 379 g/mol. The molecule has 0 radical (unpaired) electrons. The van der Waals surface area contributed by atoms with Crippen LogP contribution in [0.4, 0.5) is 14.9 Å². The summed E-state index contributed by atoms with van der Waals surface area (Å²) in [5.74, 6) is 0.0262. The van der Waals surface area contributed by atoms with E-state index in [-0.39, 0.29) is 24.1 Å². The maximum atomic E-state index is 14.2. The van der Waals surface area contributed by atoms with Gasteiger partial charge in [0, 0.05) is 11.6 Å². The Balaban J connectivity index is 0.00000117. The van der Waals surface area contributed by atoms with E-state index in [0.717, 1.165) is 0 Å². The summed E-state index contributed by atoms with van der Waals surface area (Å²) in [6.45, 7) is 5.79. The number of carbonyl (C=O) groups is 1. The Kier molecular flexibility index (Phi) is 5.96. The van der Waals surface area contributed by atoms with Gasteiger partial charge in [0.05, 0.1) is 30.7 Å². The second-order valence-corrected chi connectivity index (χ2v) is 5.95. The quantitative estimate of drug-likeness (QED) is 0.634. The number of carbonyl (C=O) groups excluding carboxylic acids is 1. The third-order valence-electron chi connectivity index (χ3n) is 4.22. The van der Waals surface area contributed by atoms with Gasteiger partial charge in [0.1, 0.15) is 12.0 Å². The highest BCUT2D eigenvalue weighted by Gasteiger charge is 2.33. The number of ether oxygens (including phenoxy) is 2. The molecule has 2 N–H and O–H groups in total. The second kappa shape index (κ2) is 8.59. The van der Waals surface area contributed by atoms with Crippen LogP contribution in [0.3, 0.4) is 0 Å². The van der Waals surface area contributed by atoms with Crippen LogP contribution in [0.15, 0.2) is 47.3 Å². The topological polar surface area (TPSA) is 104 Å². The highest BCUT2D eigenvalue weighted by atomic mass is 19.1. The van der Waals surface area contributed by atoms with E-state index in [2.05, 4.69) is 9.97 Å². The minimum atomic E-state index is -0.619. The molecule has 2 aromatic heterocycles. The summed E-state index contributed by atoms with van der Waals surface area (Å²) in [7, 11) is 0. The molecular formula is C20H21FN4O4. The summed E-state index contributed by atoms with van der Waals surface area (Å²) in [4.78, 5) is 22.0. The lowest BCUT2D eigenvalue weighted by atomic mass is 10.1. The number of nitrogen functional groups attached to an aromatic ring is 1. The number of nitrogens with two attached hydrogens (primary N) is 1. The average Bonchev–Trinajstić information content (AvgIpc) is 3.22. The van der Waals surface area contributed by atoms with Gasteiger partial charge in [-0.3, -0.25) is 9.88 Å². The van der Waals surface area contributed by atoms with Gasteiger partial charge in [-0.05, 0) is 13.0 Å². The standard InChI is InChI=1S/C18H15FN4O4.C2H6/c1-10-16-14(7-12(8-22-16)26-17-21-5-6-25-17)27-18(24)23(10)9-11-3-2-4-13(20)15(11)19;1-2/h2-8,10H,9,20H2,1H3;1-2H3. The molecule has 0 bridgehead atoms. The largest absolute Gasteiger partial charge is 0.417 e. The summed E-state index contributed by atoms with van der Waals surface area (Å²) in [5.41, 5.74) is 6.44. The summed E-state index contributed by atoms with van der Waals surface area (Å²) in [6.07, 6.45) is 3.71. The van der Waals surface area contributed by atoms with Crippen LogP contribution in [0.25, 0.3) is 0 Å². The Labute approximate surface area is 167 Å². The molecule has 29 heavy (non-hydrogen) atoms. The van der Waals surface area contributed by atoms with Crippen LogP contribution in [0, 0.1) is 5.82 Å². The molecule has 3 heterocycles. The summed E-state index contributed by atoms with van der Waals surface area (Å²) in [5, 5.41) is 0. The summed E-state index contributed by atoms with van der Waals surface area (Å²) in [6, 6.07) is 5.76. The van der Waals surface area contributed by atoms with Gasteiger partial charge >= 0.3 is 12.2 Å². The molecule has 0 aliphatic carbocycles. The molecule has 1 unspecified atom stereocenters. The van der Waals surface area contributed by atoms with Crippen LogP contribution in [-0.2, 0) is 6.54 Å². The number of nitrogens with zero attached hydrogens (tertiary/aromatic N) is 3. The Morgan fingerprint density at radius 3 is 2.83 bits per heavy atom. The number of rotatable bonds is 4. The highest BCUT2D eigenvalue weighted by Crippen LogP contribution is 2.37. The van der Waals surface area contributed by atoms with E-state index in [1.807, 2.05) is 13.8 Å². The van der Waals surface area contributed by atoms with E-state index in [1.54, 1.807) is 19.1 Å². The van der Waals surface area contributed by atoms with E-state index in [4.69, 9.17) is 19.6 Å². The van der Waals surface area contributed by atoms with Crippen molar-refractivity contribution in [2.45, 2.75) is 33.4 Å². The van der Waals surface area contributed by atoms with Crippen molar-refractivity contribution in [2.75, 3.05) is 5.73 Å². The van der Waals surface area contributed by atoms with Crippen LogP contribution >= 0.6 is 0 Å². The molecule has 8 nitrogen and oxygen atoms in total. The molecule has 0 saturated heterocycles. The molecule has 1 amide bonds. The van der Waals surface area contributed by atoms with Crippen molar-refractivity contribution in [3.05, 3.63) is 60.0 Å². The molecule has 4 rings (SSSR count). The molecule has 1 aliphatic rings. The third kappa shape index (κ3) is 4.13. The van der Waals surface area contributed by atoms with Crippen molar-refractivity contribution in [1.29, 1.82) is 0 Å². The number of pyridine rings is 1. The van der Waals surface area contributed by atoms with Gasteiger partial charge in [-0.25, -0.2) is 9.18 Å². The molecule has 0 spiro atoms. The number of halogens is 1. The van der Waals surface area contributed by atoms with Gasteiger partial charge in [0.2, 0.25) is 0 Å². The van der Waals surface area contributed by atoms with E-state index in [1.165, 1.54) is 35.7 Å². The minimum Gasteiger partial charge on any atom is -0.417 e. The molecule has 1 atom stereocenters. The first-order valence-corrected chi connectivity index (χ1v) is 9.11. The van der Waals surface area contributed by atoms with E-state index >= 15 is 0 Å². The summed E-state index contributed by atoms with van der Waals surface area (Å²) >= 11 is 0. The van der Waals surface area contributed by atoms with Crippen molar-refractivity contribution >= 4 is 11.8 Å². The van der Waals surface area contributed by atoms with E-state index in [0.29, 0.717) is 17.0 Å². The zero-order valence-corrected chi connectivity index (χ0v) is 16.3. The van der Waals surface area contributed by atoms with Gasteiger partial charge in [-0.2, -0.15) is 4.98 Å². The highest BCUT2D eigenvalue weighted by molar-refractivity contribution is 5.74. The molecule has 0 fully saturated rings. The molecule has 1 aromatic carbocycles. The van der Waals surface area contributed by atoms with Crippen LogP contribution in [0.2, 0.25) is 0 Å². The fourth-order valence-corrected chi connectivity index (χ4v) is 2.82. The zero-order valence-electron chi connectivity index (χ0n) is 16.3. The number of benzene rings is 1. The monoisotopic (exact) mass is 400 g/mol. The Morgan fingerprint density at radius 1 is 1.31 bits per heavy atom. The predicted octanol–water partition coefficient (Wildman–Crippen LogP) is 4.69. The first-order chi connectivity index (χ1) is 14.0. The van der Waals surface area contributed by atoms with Crippen LogP contribution < -0.4 is 15.2 Å². The smallest absolute Gasteiger partial charge is 0.416 e. The van der Waals surface area contributed by atoms with Crippen LogP contribution in [0.1, 0.15) is 38.1 Å². The van der Waals surface area contributed by atoms with Crippen LogP contribution in [-0.4, -0.2) is 21.0 Å². The van der Waals surface area contributed by atoms with Gasteiger partial charge < -0.3 is 19.6 Å². The van der Waals surface area contributed by atoms with Crippen molar-refractivity contribution in [1.82, 2.24) is 14.9 Å². The van der Waals surface area contributed by atoms with Crippen molar-refractivity contribution < 1.29 is 23.1 Å². The Morgan fingerprint density at radius 2 is 2.10 bits per heavy atom. The third-order valence-corrected chi connectivity index (χ3v) is 4.22. The number of aromatic nitrogens is 2. The first kappa shape index (κ1) is 20.1. The number of anilines is 1. The number of hydrogen-bond donors (Lipinski definition) is 1. The maximum Gasteiger partial charge on any atom is 0.416 e. The van der Waals surface area contributed by atoms with Crippen molar-refractivity contribution in [3.8, 4) is 17.6 Å². The average molecular weight is 400 g/mol. The maximum absolute atomic E-state index is 14.2. The van der Waals surface area contributed by atoms with Gasteiger partial charge in [-0.15, -0.1) is 0 Å². The lowest BCUT2D eigenvalue weighted by Gasteiger charge is -2.33. The summed E-state index contributed by atoms with van der Waals surface area (Å²) < 4.78 is 29.9. The van der Waals surface area contributed by atoms with Gasteiger partial charge in [0.15, 0.2) is 17.3 Å². The predicted molar refractivity (Wildman–Crippen MR) is 103 cm³/mol. The number of oxazole rings is 1. The molecule has 0 saturated carbocycles. The molecule has 9 heteroatoms. The zero-order chi connectivity index (χ0) is 21.0. The second-order valence-electron chi connectivity index (χ2n) is 5.95. The van der Waals surface area contributed by atoms with Crippen LogP contribution in [0.5, 0.6) is 17.6 Å². The van der Waals surface area contributed by atoms with Gasteiger partial charge in [0.25, 0.3) is 0 Å². The fourth-order valence-electron chi connectivity index (χ4n) is 2.82. The Bertz CT molecular complexity index is 994. The molecule has 1 aliphatic heterocycles. The van der Waals surface area contributed by atoms with Gasteiger partial charge in [-0.1, -0.05) is 26.0 Å². The Hall–Kier alpha value is -3.62. The lowest BCUT2D eigenvalue weighted by molar-refractivity contribution is 0.114.